The maximum atomic E-state index is 9.22. The first-order valence-electron chi connectivity index (χ1n) is 28.1. The predicted octanol–water partition coefficient (Wildman–Crippen LogP) is 24.9. The Kier molecular flexibility index (Phi) is 86.4. The van der Waals surface area contributed by atoms with Crippen molar-refractivity contribution in [2.45, 2.75) is 69.7 Å². The van der Waals surface area contributed by atoms with Crippen LogP contribution in [0, 0.1) is 49.3 Å². The van der Waals surface area contributed by atoms with Crippen molar-refractivity contribution in [2.75, 3.05) is 19.0 Å². The van der Waals surface area contributed by atoms with Crippen molar-refractivity contribution in [3.8, 4) is 56.0 Å². The summed E-state index contributed by atoms with van der Waals surface area (Å²) < 4.78 is 5.76. The van der Waals surface area contributed by atoms with Gasteiger partial charge < -0.3 is 43.2 Å². The van der Waals surface area contributed by atoms with Crippen LogP contribution in [0.5, 0.6) is 0 Å². The molecule has 0 spiro atoms. The van der Waals surface area contributed by atoms with Gasteiger partial charge in [0.2, 0.25) is 20.0 Å². The molecule has 0 atom stereocenters. The van der Waals surface area contributed by atoms with Crippen LogP contribution in [0.3, 0.4) is 0 Å². The molecular formula is C76H95I6N9O2VY3-3. The number of pyridine rings is 3. The Morgan fingerprint density at radius 2 is 0.598 bits per heavy atom. The van der Waals surface area contributed by atoms with Crippen molar-refractivity contribution in [2.24, 2.45) is 5.73 Å². The van der Waals surface area contributed by atoms with Gasteiger partial charge in [0.1, 0.15) is 0 Å². The van der Waals surface area contributed by atoms with Crippen LogP contribution in [0.2, 0.25) is 0 Å². The zero-order chi connectivity index (χ0) is 66.8. The standard InChI is InChI=1S/2C19H14N2.C14H12N2.C7H8.C2H5NO.2C2H3N.3C2H6.CH3I.CH4.3CH3.I2.3HI.H2O.V.3Y/c2*1-3-7-15(8-4-1)17-11-12-21-18(13-17)14-19(20-21)16-9-5-2-6-10-16;1-11-7-8-16-13(9-11)10-14(15-16)12-5-3-2-4-6-12;1-7-5-3-2-4-6-7;1-2(3)4;2*1-3-2;4*1-2;;;;;1-2;;;;;;;;/h2*1-14H;2-10H,1H3;2-6H,1H3;1H3,(H2,3,4);2*1H3;3*1-2H3;1H3;1H4;3*1H3;;3*1H;1H2;;;;/q;;;;;;;;;;;;3*-1;;;;;;+3;;;/p-3. The number of primary amides is 1. The second kappa shape index (κ2) is 73.8. The number of rotatable bonds is 5. The molecule has 1 amide bonds. The van der Waals surface area contributed by atoms with Gasteiger partial charge >= 0.3 is 64.9 Å². The molecule has 97 heavy (non-hydrogen) atoms. The number of carbonyl (C=O) groups is 1. The van der Waals surface area contributed by atoms with Crippen LogP contribution in [-0.4, -0.2) is 59.3 Å². The van der Waals surface area contributed by atoms with Crippen molar-refractivity contribution in [3.05, 3.63) is 311 Å². The third kappa shape index (κ3) is 47.9. The van der Waals surface area contributed by atoms with Crippen LogP contribution >= 0.6 is 120 Å². The minimum Gasteiger partial charge on any atom is -0.240 e. The molecule has 0 saturated carbocycles. The smallest absolute Gasteiger partial charge is 0.0933 e. The summed E-state index contributed by atoms with van der Waals surface area (Å²) in [6.45, 7) is 29.1. The fourth-order valence-electron chi connectivity index (χ4n) is 7.50. The van der Waals surface area contributed by atoms with Crippen molar-refractivity contribution in [1.29, 1.82) is 0 Å². The minimum absolute atomic E-state index is 0. The molecule has 0 aliphatic rings. The van der Waals surface area contributed by atoms with E-state index in [-0.39, 0.29) is 144 Å². The van der Waals surface area contributed by atoms with Crippen LogP contribution < -0.4 is 5.73 Å². The quantitative estimate of drug-likeness (QED) is 0.104. The van der Waals surface area contributed by atoms with E-state index < -0.39 is 0 Å². The van der Waals surface area contributed by atoms with E-state index in [9.17, 15) is 4.79 Å². The van der Waals surface area contributed by atoms with Crippen molar-refractivity contribution >= 4 is 142 Å². The minimum atomic E-state index is -0.333. The molecule has 6 heterocycles. The largest absolute Gasteiger partial charge is 0.240 e. The van der Waals surface area contributed by atoms with Gasteiger partial charge in [0.15, 0.2) is 0 Å². The number of fused-ring (bicyclic) bond motifs is 3. The molecule has 6 aromatic carbocycles. The van der Waals surface area contributed by atoms with Gasteiger partial charge in [0, 0.05) is 178 Å². The van der Waals surface area contributed by atoms with Crippen LogP contribution in [0.4, 0.5) is 0 Å². The van der Waals surface area contributed by atoms with E-state index in [0.29, 0.717) is 0 Å². The van der Waals surface area contributed by atoms with Gasteiger partial charge in [0.25, 0.3) is 0 Å². The Morgan fingerprint density at radius 3 is 0.814 bits per heavy atom. The number of alkyl halides is 1. The molecule has 515 valence electrons. The molecule has 6 aromatic heterocycles. The monoisotopic (exact) mass is 2240 g/mol. The zero-order valence-corrected chi connectivity index (χ0v) is 80.6. The third-order valence-corrected chi connectivity index (χ3v) is 10.9. The molecule has 0 aliphatic carbocycles. The van der Waals surface area contributed by atoms with Crippen molar-refractivity contribution < 1.29 is 113 Å². The van der Waals surface area contributed by atoms with Gasteiger partial charge in [-0.15, -0.1) is 0 Å². The Morgan fingerprint density at radius 1 is 0.402 bits per heavy atom. The van der Waals surface area contributed by atoms with Gasteiger partial charge in [-0.25, -0.2) is 26.7 Å². The molecule has 4 N–H and O–H groups in total. The van der Waals surface area contributed by atoms with E-state index in [1.807, 2.05) is 164 Å². The molecule has 3 radical (unpaired) electrons. The van der Waals surface area contributed by atoms with E-state index in [4.69, 9.17) is 13.1 Å². The molecule has 21 heteroatoms. The summed E-state index contributed by atoms with van der Waals surface area (Å²) >= 11 is 13.8. The second-order valence-corrected chi connectivity index (χ2v) is 52.3. The van der Waals surface area contributed by atoms with Gasteiger partial charge in [0.05, 0.1) is 33.6 Å². The molecular weight excluding hydrogens is 2150 g/mol. The molecule has 0 unspecified atom stereocenters. The molecule has 0 fully saturated rings. The summed E-state index contributed by atoms with van der Waals surface area (Å²) in [6, 6.07) is 81.0. The van der Waals surface area contributed by atoms with E-state index in [0.717, 1.165) is 50.3 Å². The van der Waals surface area contributed by atoms with Crippen LogP contribution in [0.15, 0.2) is 255 Å². The van der Waals surface area contributed by atoms with Crippen LogP contribution in [-0.2, 0) is 108 Å². The number of carbonyl (C=O) groups excluding carboxylic acids is 1. The third-order valence-electron chi connectivity index (χ3n) is 10.9. The number of amides is 1. The summed E-state index contributed by atoms with van der Waals surface area (Å²) in [5, 5.41) is 13.8. The first kappa shape index (κ1) is 114. The summed E-state index contributed by atoms with van der Waals surface area (Å²) in [4.78, 5) is 16.4. The van der Waals surface area contributed by atoms with Gasteiger partial charge in [-0.3, -0.25) is 4.79 Å². The second-order valence-electron chi connectivity index (χ2n) is 17.0. The number of aryl methyl sites for hydroxylation is 2. The Labute approximate surface area is 734 Å². The first-order chi connectivity index (χ1) is 43.3. The van der Waals surface area contributed by atoms with Crippen molar-refractivity contribution in [3.63, 3.8) is 0 Å². The molecule has 11 nitrogen and oxygen atoms in total. The average molecular weight is 2250 g/mol. The summed E-state index contributed by atoms with van der Waals surface area (Å²) in [5.41, 5.74) is 21.7. The van der Waals surface area contributed by atoms with E-state index >= 15 is 0 Å². The van der Waals surface area contributed by atoms with Gasteiger partial charge in [-0.2, -0.15) is 15.3 Å². The summed E-state index contributed by atoms with van der Waals surface area (Å²) in [6.07, 6.45) is 6.03. The molecule has 12 aromatic rings. The van der Waals surface area contributed by atoms with Gasteiger partial charge in [-0.05, 0) is 101 Å². The predicted molar refractivity (Wildman–Crippen MR) is 462 cm³/mol. The number of benzene rings is 6. The molecule has 12 rings (SSSR count). The van der Waals surface area contributed by atoms with Crippen LogP contribution in [0.1, 0.15) is 67.0 Å². The van der Waals surface area contributed by atoms with Crippen molar-refractivity contribution in [1.82, 2.24) is 28.8 Å². The topological polar surface area (TPSA) is 135 Å². The number of nitrogens with two attached hydrogens (primary N) is 1. The summed E-state index contributed by atoms with van der Waals surface area (Å²) in [7, 11) is 2.83. The Hall–Kier alpha value is -1.92. The van der Waals surface area contributed by atoms with Crippen LogP contribution in [0.25, 0.3) is 82.3 Å². The first-order valence-corrected chi connectivity index (χ1v) is 50.1. The van der Waals surface area contributed by atoms with E-state index in [1.165, 1.54) is 54.4 Å². The number of hydrogen-bond donors (Lipinski definition) is 1. The SMILES string of the molecule is C.CC.CC.CC.CC(N)=O.CI.Cc1ccccc1.Cc1ccn2nc(-c3ccccc3)cc2c1.II.O.[C-]#[N+]C.[C-]#[N+]C.[CH3-].[CH3-].[CH3-].[I][V]([I])[I].[Y].[Y].[Y].c1ccc(-c2ccn3nc(-c4ccccc4)cc3c2)cc1.c1ccc(-c2ccn3nc(-c4ccccc4)cc3c2)cc1. The summed E-state index contributed by atoms with van der Waals surface area (Å²) in [5.74, 6) is -0.333. The Bertz CT molecular complexity index is 3570. The van der Waals surface area contributed by atoms with E-state index in [2.05, 4.69) is 316 Å². The maximum Gasteiger partial charge on any atom is 0.0933 e. The number of hydrogen-bond acceptors (Lipinski definition) is 4. The number of halogens is 6. The zero-order valence-electron chi connectivity index (χ0n) is 57.8. The number of nitrogens with zero attached hydrogens (tertiary/aromatic N) is 8. The molecule has 0 saturated heterocycles. The number of aromatic nitrogens is 6. The fraction of sp³-hybridized carbons (Fsp3) is 0.171. The normalized spacial score (nSPS) is 8.22. The maximum absolute atomic E-state index is 9.22. The average Bonchev–Trinajstić information content (AvgIpc) is 1.70. The van der Waals surface area contributed by atoms with Gasteiger partial charge in [-0.1, -0.05) is 259 Å². The molecule has 0 bridgehead atoms. The Balaban J connectivity index is -0.000000137. The fourth-order valence-corrected chi connectivity index (χ4v) is 7.50. The van der Waals surface area contributed by atoms with E-state index in [1.54, 1.807) is 0 Å². The molecule has 0 aliphatic heterocycles.